The zero-order valence-corrected chi connectivity index (χ0v) is 10.2. The number of hydrogen-bond donors (Lipinski definition) is 1. The van der Waals surface area contributed by atoms with Crippen molar-refractivity contribution < 1.29 is 0 Å². The maximum absolute atomic E-state index is 4.55. The first-order valence-electron chi connectivity index (χ1n) is 6.32. The van der Waals surface area contributed by atoms with Gasteiger partial charge in [-0.25, -0.2) is 4.98 Å². The first kappa shape index (κ1) is 11.0. The summed E-state index contributed by atoms with van der Waals surface area (Å²) in [6, 6.07) is 12.0. The van der Waals surface area contributed by atoms with E-state index in [1.807, 2.05) is 42.6 Å². The molecular weight excluding hydrogens is 224 g/mol. The SMILES string of the molecule is c1ccc(Nc2nccc(N3CCCC3)n2)cc1. The van der Waals surface area contributed by atoms with Crippen LogP contribution in [0.4, 0.5) is 17.5 Å². The number of anilines is 3. The van der Waals surface area contributed by atoms with E-state index in [0.717, 1.165) is 24.6 Å². The molecule has 1 aliphatic rings. The van der Waals surface area contributed by atoms with Gasteiger partial charge in [-0.05, 0) is 31.0 Å². The van der Waals surface area contributed by atoms with E-state index in [4.69, 9.17) is 0 Å². The Morgan fingerprint density at radius 3 is 2.56 bits per heavy atom. The van der Waals surface area contributed by atoms with Crippen molar-refractivity contribution in [2.75, 3.05) is 23.3 Å². The van der Waals surface area contributed by atoms with Gasteiger partial charge in [0.05, 0.1) is 0 Å². The fraction of sp³-hybridized carbons (Fsp3) is 0.286. The Morgan fingerprint density at radius 2 is 1.78 bits per heavy atom. The maximum Gasteiger partial charge on any atom is 0.229 e. The Hall–Kier alpha value is -2.10. The average Bonchev–Trinajstić information content (AvgIpc) is 2.94. The van der Waals surface area contributed by atoms with Crippen LogP contribution in [0.15, 0.2) is 42.6 Å². The molecule has 3 rings (SSSR count). The molecule has 0 amide bonds. The second-order valence-corrected chi connectivity index (χ2v) is 4.42. The minimum Gasteiger partial charge on any atom is -0.356 e. The highest BCUT2D eigenvalue weighted by Gasteiger charge is 2.13. The van der Waals surface area contributed by atoms with Crippen LogP contribution in [0.5, 0.6) is 0 Å². The summed E-state index contributed by atoms with van der Waals surface area (Å²) < 4.78 is 0. The summed E-state index contributed by atoms with van der Waals surface area (Å²) in [6.07, 6.45) is 4.32. The topological polar surface area (TPSA) is 41.1 Å². The number of benzene rings is 1. The molecule has 0 radical (unpaired) electrons. The zero-order valence-electron chi connectivity index (χ0n) is 10.2. The summed E-state index contributed by atoms with van der Waals surface area (Å²) in [7, 11) is 0. The Bertz CT molecular complexity index is 506. The first-order chi connectivity index (χ1) is 8.92. The largest absolute Gasteiger partial charge is 0.356 e. The average molecular weight is 240 g/mol. The number of para-hydroxylation sites is 1. The van der Waals surface area contributed by atoms with Crippen molar-refractivity contribution in [3.63, 3.8) is 0 Å². The van der Waals surface area contributed by atoms with Crippen molar-refractivity contribution >= 4 is 17.5 Å². The van der Waals surface area contributed by atoms with Gasteiger partial charge in [0.1, 0.15) is 5.82 Å². The molecule has 1 saturated heterocycles. The van der Waals surface area contributed by atoms with Gasteiger partial charge in [0.2, 0.25) is 5.95 Å². The highest BCUT2D eigenvalue weighted by atomic mass is 15.2. The second-order valence-electron chi connectivity index (χ2n) is 4.42. The molecular formula is C14H16N4. The number of aromatic nitrogens is 2. The normalized spacial score (nSPS) is 14.8. The van der Waals surface area contributed by atoms with Gasteiger partial charge in [-0.3, -0.25) is 0 Å². The van der Waals surface area contributed by atoms with Crippen molar-refractivity contribution in [2.45, 2.75) is 12.8 Å². The minimum atomic E-state index is 0.658. The summed E-state index contributed by atoms with van der Waals surface area (Å²) >= 11 is 0. The molecule has 0 aliphatic carbocycles. The van der Waals surface area contributed by atoms with Crippen molar-refractivity contribution in [2.24, 2.45) is 0 Å². The zero-order chi connectivity index (χ0) is 12.2. The van der Waals surface area contributed by atoms with Crippen LogP contribution in [0.3, 0.4) is 0 Å². The lowest BCUT2D eigenvalue weighted by atomic mass is 10.3. The van der Waals surface area contributed by atoms with E-state index in [0.29, 0.717) is 5.95 Å². The first-order valence-corrected chi connectivity index (χ1v) is 6.32. The highest BCUT2D eigenvalue weighted by molar-refractivity contribution is 5.54. The summed E-state index contributed by atoms with van der Waals surface area (Å²) in [4.78, 5) is 11.1. The molecule has 1 aliphatic heterocycles. The van der Waals surface area contributed by atoms with Gasteiger partial charge in [0, 0.05) is 25.0 Å². The molecule has 1 aromatic heterocycles. The fourth-order valence-corrected chi connectivity index (χ4v) is 2.18. The Morgan fingerprint density at radius 1 is 1.00 bits per heavy atom. The van der Waals surface area contributed by atoms with Crippen molar-refractivity contribution in [3.05, 3.63) is 42.6 Å². The molecule has 2 heterocycles. The van der Waals surface area contributed by atoms with Crippen LogP contribution in [0.25, 0.3) is 0 Å². The molecule has 0 unspecified atom stereocenters. The van der Waals surface area contributed by atoms with E-state index in [2.05, 4.69) is 20.2 Å². The number of nitrogens with one attached hydrogen (secondary N) is 1. The van der Waals surface area contributed by atoms with Crippen LogP contribution in [-0.2, 0) is 0 Å². The van der Waals surface area contributed by atoms with Crippen LogP contribution >= 0.6 is 0 Å². The lowest BCUT2D eigenvalue weighted by molar-refractivity contribution is 0.930. The van der Waals surface area contributed by atoms with Gasteiger partial charge in [0.15, 0.2) is 0 Å². The number of rotatable bonds is 3. The molecule has 1 N–H and O–H groups in total. The lowest BCUT2D eigenvalue weighted by Crippen LogP contribution is -2.19. The third kappa shape index (κ3) is 2.42. The van der Waals surface area contributed by atoms with Crippen LogP contribution in [-0.4, -0.2) is 23.1 Å². The van der Waals surface area contributed by atoms with E-state index in [1.54, 1.807) is 0 Å². The predicted octanol–water partition coefficient (Wildman–Crippen LogP) is 2.82. The van der Waals surface area contributed by atoms with Crippen LogP contribution in [0.2, 0.25) is 0 Å². The quantitative estimate of drug-likeness (QED) is 0.895. The van der Waals surface area contributed by atoms with E-state index >= 15 is 0 Å². The van der Waals surface area contributed by atoms with Gasteiger partial charge in [0.25, 0.3) is 0 Å². The van der Waals surface area contributed by atoms with Crippen molar-refractivity contribution in [1.29, 1.82) is 0 Å². The van der Waals surface area contributed by atoms with Gasteiger partial charge in [-0.15, -0.1) is 0 Å². The molecule has 0 saturated carbocycles. The molecule has 4 nitrogen and oxygen atoms in total. The Balaban J connectivity index is 1.78. The summed E-state index contributed by atoms with van der Waals surface area (Å²) in [6.45, 7) is 2.20. The molecule has 2 aromatic rings. The molecule has 18 heavy (non-hydrogen) atoms. The van der Waals surface area contributed by atoms with E-state index in [9.17, 15) is 0 Å². The molecule has 0 spiro atoms. The van der Waals surface area contributed by atoms with E-state index in [1.165, 1.54) is 12.8 Å². The number of hydrogen-bond acceptors (Lipinski definition) is 4. The minimum absolute atomic E-state index is 0.658. The molecule has 1 fully saturated rings. The monoisotopic (exact) mass is 240 g/mol. The van der Waals surface area contributed by atoms with E-state index < -0.39 is 0 Å². The van der Waals surface area contributed by atoms with Gasteiger partial charge >= 0.3 is 0 Å². The summed E-state index contributed by atoms with van der Waals surface area (Å²) in [5, 5.41) is 3.22. The van der Waals surface area contributed by atoms with Gasteiger partial charge in [-0.2, -0.15) is 4.98 Å². The Kier molecular flexibility index (Phi) is 3.08. The number of nitrogens with zero attached hydrogens (tertiary/aromatic N) is 3. The summed E-state index contributed by atoms with van der Waals surface area (Å²) in [5.74, 6) is 1.67. The smallest absolute Gasteiger partial charge is 0.229 e. The van der Waals surface area contributed by atoms with Crippen molar-refractivity contribution in [1.82, 2.24) is 9.97 Å². The molecule has 0 bridgehead atoms. The molecule has 92 valence electrons. The van der Waals surface area contributed by atoms with Gasteiger partial charge in [-0.1, -0.05) is 18.2 Å². The summed E-state index contributed by atoms with van der Waals surface area (Å²) in [5.41, 5.74) is 1.01. The highest BCUT2D eigenvalue weighted by Crippen LogP contribution is 2.19. The third-order valence-corrected chi connectivity index (χ3v) is 3.10. The molecule has 4 heteroatoms. The standard InChI is InChI=1S/C14H16N4/c1-2-6-12(7-3-1)16-14-15-9-8-13(17-14)18-10-4-5-11-18/h1-3,6-9H,4-5,10-11H2,(H,15,16,17). The van der Waals surface area contributed by atoms with Crippen molar-refractivity contribution in [3.8, 4) is 0 Å². The fourth-order valence-electron chi connectivity index (χ4n) is 2.18. The lowest BCUT2D eigenvalue weighted by Gasteiger charge is -2.16. The Labute approximate surface area is 107 Å². The second kappa shape index (κ2) is 5.04. The third-order valence-electron chi connectivity index (χ3n) is 3.10. The van der Waals surface area contributed by atoms with Gasteiger partial charge < -0.3 is 10.2 Å². The van der Waals surface area contributed by atoms with E-state index in [-0.39, 0.29) is 0 Å². The maximum atomic E-state index is 4.55. The predicted molar refractivity (Wildman–Crippen MR) is 73.2 cm³/mol. The van der Waals surface area contributed by atoms with Crippen LogP contribution in [0, 0.1) is 0 Å². The van der Waals surface area contributed by atoms with Crippen LogP contribution in [0.1, 0.15) is 12.8 Å². The van der Waals surface area contributed by atoms with Crippen LogP contribution < -0.4 is 10.2 Å². The molecule has 1 aromatic carbocycles. The molecule has 0 atom stereocenters.